The molecule has 1 amide bonds. The van der Waals surface area contributed by atoms with Gasteiger partial charge in [-0.2, -0.15) is 5.09 Å². The van der Waals surface area contributed by atoms with E-state index in [-0.39, 0.29) is 5.75 Å². The molecule has 1 aliphatic heterocycles. The molecule has 2 heterocycles. The van der Waals surface area contributed by atoms with Crippen LogP contribution in [0.1, 0.15) is 27.0 Å². The van der Waals surface area contributed by atoms with Crippen molar-refractivity contribution in [3.05, 3.63) is 63.4 Å². The van der Waals surface area contributed by atoms with Gasteiger partial charge in [-0.15, -0.1) is 0 Å². The lowest BCUT2D eigenvalue weighted by molar-refractivity contribution is -0.141. The van der Waals surface area contributed by atoms with Crippen molar-refractivity contribution in [1.29, 1.82) is 0 Å². The van der Waals surface area contributed by atoms with Crippen molar-refractivity contribution in [2.45, 2.75) is 57.0 Å². The number of benzene rings is 1. The average molecular weight is 558 g/mol. The van der Waals surface area contributed by atoms with Gasteiger partial charge in [-0.25, -0.2) is 13.8 Å². The van der Waals surface area contributed by atoms with Crippen LogP contribution in [0, 0.1) is 0 Å². The zero-order valence-electron chi connectivity index (χ0n) is 20.6. The number of aromatic nitrogens is 2. The molecule has 1 aromatic carbocycles. The van der Waals surface area contributed by atoms with E-state index in [1.54, 1.807) is 18.2 Å². The van der Waals surface area contributed by atoms with E-state index in [4.69, 9.17) is 18.9 Å². The lowest BCUT2D eigenvalue weighted by Crippen LogP contribution is -2.47. The van der Waals surface area contributed by atoms with Gasteiger partial charge in [0.25, 0.3) is 5.56 Å². The van der Waals surface area contributed by atoms with Crippen LogP contribution in [0.4, 0.5) is 4.39 Å². The van der Waals surface area contributed by atoms with Gasteiger partial charge in [0, 0.05) is 12.3 Å². The molecule has 5 N–H and O–H groups in total. The Bertz CT molecular complexity index is 1320. The van der Waals surface area contributed by atoms with E-state index in [1.807, 2.05) is 4.98 Å². The molecule has 16 heteroatoms. The summed E-state index contributed by atoms with van der Waals surface area (Å²) in [4.78, 5) is 48.9. The molecule has 0 saturated carbocycles. The quantitative estimate of drug-likeness (QED) is 0.238. The highest BCUT2D eigenvalue weighted by Gasteiger charge is 2.55. The Labute approximate surface area is 215 Å². The highest BCUT2D eigenvalue weighted by Crippen LogP contribution is 2.47. The van der Waals surface area contributed by atoms with Crippen molar-refractivity contribution in [2.75, 3.05) is 6.61 Å². The number of alkyl halides is 1. The second-order valence-corrected chi connectivity index (χ2v) is 10.5. The fraction of sp³-hybridized carbons (Fsp3) is 0.455. The zero-order chi connectivity index (χ0) is 28.3. The first-order valence-electron chi connectivity index (χ1n) is 11.4. The summed E-state index contributed by atoms with van der Waals surface area (Å²) in [5.74, 6) is -2.04. The molecule has 0 bridgehead atoms. The Balaban J connectivity index is 1.79. The Hall–Kier alpha value is -3.36. The largest absolute Gasteiger partial charge is 0.480 e. The van der Waals surface area contributed by atoms with E-state index in [1.165, 1.54) is 26.0 Å². The summed E-state index contributed by atoms with van der Waals surface area (Å²) in [6.07, 6.45) is -3.99. The number of aliphatic hydroxyl groups excluding tert-OH is 1. The monoisotopic (exact) mass is 558 g/mol. The van der Waals surface area contributed by atoms with Crippen molar-refractivity contribution < 1.29 is 42.5 Å². The third-order valence-corrected chi connectivity index (χ3v) is 7.32. The van der Waals surface area contributed by atoms with E-state index < -0.39 is 73.7 Å². The summed E-state index contributed by atoms with van der Waals surface area (Å²) in [5.41, 5.74) is -4.23. The van der Waals surface area contributed by atoms with Crippen LogP contribution in [0.5, 0.6) is 5.75 Å². The number of aliphatic hydroxyl groups is 1. The van der Waals surface area contributed by atoms with Gasteiger partial charge in [0.15, 0.2) is 11.9 Å². The van der Waals surface area contributed by atoms with Gasteiger partial charge < -0.3 is 24.8 Å². The number of hydrogen-bond donors (Lipinski definition) is 5. The summed E-state index contributed by atoms with van der Waals surface area (Å²) in [7, 11) is -4.43. The van der Waals surface area contributed by atoms with Crippen LogP contribution in [0.25, 0.3) is 0 Å². The molecule has 2 aromatic rings. The van der Waals surface area contributed by atoms with Gasteiger partial charge in [-0.05, 0) is 32.9 Å². The molecular weight excluding hydrogens is 530 g/mol. The number of nitrogens with one attached hydrogen (secondary N) is 3. The molecule has 1 fully saturated rings. The second-order valence-electron chi connectivity index (χ2n) is 8.76. The van der Waals surface area contributed by atoms with Gasteiger partial charge in [0.2, 0.25) is 5.91 Å². The Morgan fingerprint density at radius 1 is 1.24 bits per heavy atom. The van der Waals surface area contributed by atoms with Crippen LogP contribution >= 0.6 is 7.75 Å². The van der Waals surface area contributed by atoms with E-state index in [0.29, 0.717) is 0 Å². The highest BCUT2D eigenvalue weighted by molar-refractivity contribution is 7.52. The number of H-pyrrole nitrogens is 1. The van der Waals surface area contributed by atoms with Crippen LogP contribution < -0.4 is 26.2 Å². The number of carbonyl (C=O) groups excluding carboxylic acids is 1. The number of hydrogen-bond acceptors (Lipinski definition) is 9. The van der Waals surface area contributed by atoms with Crippen molar-refractivity contribution in [3.8, 4) is 5.75 Å². The number of ether oxygens (including phenoxy) is 1. The summed E-state index contributed by atoms with van der Waals surface area (Å²) in [5, 5.41) is 24.2. The lowest BCUT2D eigenvalue weighted by Gasteiger charge is -2.25. The molecule has 1 unspecified atom stereocenters. The number of carboxylic acids is 1. The van der Waals surface area contributed by atoms with E-state index in [9.17, 15) is 28.8 Å². The molecular formula is C22H28FN4O10P. The minimum absolute atomic E-state index is 0.0794. The van der Waals surface area contributed by atoms with Crippen molar-refractivity contribution in [3.63, 3.8) is 0 Å². The maximum Gasteiger partial charge on any atom is 0.459 e. The lowest BCUT2D eigenvalue weighted by atomic mass is 9.98. The number of rotatable bonds is 11. The van der Waals surface area contributed by atoms with Gasteiger partial charge >= 0.3 is 19.4 Å². The number of aliphatic carboxylic acids is 1. The number of halogens is 1. The maximum absolute atomic E-state index is 15.5. The third kappa shape index (κ3) is 6.74. The van der Waals surface area contributed by atoms with Crippen molar-refractivity contribution >= 4 is 19.6 Å². The Kier molecular flexibility index (Phi) is 8.90. The molecule has 7 atom stereocenters. The number of nitrogens with zero attached hydrogens (tertiary/aromatic N) is 1. The summed E-state index contributed by atoms with van der Waals surface area (Å²) in [6, 6.07) is 6.18. The number of amides is 1. The van der Waals surface area contributed by atoms with Crippen LogP contribution in [0.3, 0.4) is 0 Å². The third-order valence-electron chi connectivity index (χ3n) is 5.67. The molecule has 14 nitrogen and oxygen atoms in total. The molecule has 0 radical (unpaired) electrons. The Morgan fingerprint density at radius 3 is 2.50 bits per heavy atom. The molecule has 208 valence electrons. The van der Waals surface area contributed by atoms with Crippen LogP contribution in [-0.4, -0.2) is 68.2 Å². The SMILES string of the molecule is C[C@H](NC(=O)[C@H](C)NP(=O)(OC[C@H]1O[C@@H](n2ccc(=O)[nH]c2=O)[C@](C)(F)[C@@H]1O)Oc1ccccc1)C(=O)O. The second kappa shape index (κ2) is 11.6. The number of aromatic amines is 1. The van der Waals surface area contributed by atoms with Crippen LogP contribution in [-0.2, 0) is 23.4 Å². The molecule has 3 rings (SSSR count). The molecule has 38 heavy (non-hydrogen) atoms. The minimum atomic E-state index is -4.43. The first kappa shape index (κ1) is 29.2. The van der Waals surface area contributed by atoms with Gasteiger partial charge in [-0.1, -0.05) is 18.2 Å². The van der Waals surface area contributed by atoms with E-state index in [0.717, 1.165) is 23.8 Å². The van der Waals surface area contributed by atoms with Crippen LogP contribution in [0.15, 0.2) is 52.2 Å². The maximum atomic E-state index is 15.5. The Morgan fingerprint density at radius 2 is 1.89 bits per heavy atom. The fourth-order valence-electron chi connectivity index (χ4n) is 3.54. The number of carbonyl (C=O) groups is 2. The summed E-state index contributed by atoms with van der Waals surface area (Å²) >= 11 is 0. The van der Waals surface area contributed by atoms with Gasteiger partial charge in [0.1, 0.15) is 24.0 Å². The van der Waals surface area contributed by atoms with Crippen LogP contribution in [0.2, 0.25) is 0 Å². The predicted octanol–water partition coefficient (Wildman–Crippen LogP) is 0.294. The van der Waals surface area contributed by atoms with Gasteiger partial charge in [0.05, 0.1) is 12.6 Å². The number of para-hydroxylation sites is 1. The normalized spacial score (nSPS) is 26.2. The van der Waals surface area contributed by atoms with E-state index >= 15 is 4.39 Å². The highest BCUT2D eigenvalue weighted by atomic mass is 31.2. The fourth-order valence-corrected chi connectivity index (χ4v) is 5.05. The average Bonchev–Trinajstić information content (AvgIpc) is 3.06. The predicted molar refractivity (Wildman–Crippen MR) is 129 cm³/mol. The van der Waals surface area contributed by atoms with Crippen molar-refractivity contribution in [2.24, 2.45) is 0 Å². The molecule has 0 spiro atoms. The topological polar surface area (TPSA) is 198 Å². The smallest absolute Gasteiger partial charge is 0.459 e. The zero-order valence-corrected chi connectivity index (χ0v) is 21.5. The first-order chi connectivity index (χ1) is 17.7. The standard InChI is InChI=1S/C22H28FN4O10P/c1-12(18(30)24-13(2)19(31)32)26-38(34,37-14-7-5-4-6-8-14)35-11-15-17(29)22(3,23)20(36-15)27-10-9-16(28)25-21(27)33/h4-10,12-13,15,17,20,29H,11H2,1-3H3,(H,24,30)(H,26,34)(H,31,32)(H,25,28,33)/t12-,13-,15+,17+,20+,22+,38?/m0/s1. The van der Waals surface area contributed by atoms with Crippen molar-refractivity contribution in [1.82, 2.24) is 20.0 Å². The first-order valence-corrected chi connectivity index (χ1v) is 12.9. The van der Waals surface area contributed by atoms with E-state index in [2.05, 4.69) is 10.4 Å². The summed E-state index contributed by atoms with van der Waals surface area (Å²) < 4.78 is 46.2. The van der Waals surface area contributed by atoms with Gasteiger partial charge in [-0.3, -0.25) is 28.5 Å². The molecule has 1 aromatic heterocycles. The summed E-state index contributed by atoms with van der Waals surface area (Å²) in [6.45, 7) is 2.79. The molecule has 1 saturated heterocycles. The minimum Gasteiger partial charge on any atom is -0.480 e. The molecule has 0 aliphatic carbocycles. The number of carboxylic acid groups (broad SMARTS) is 1. The molecule has 1 aliphatic rings.